The fourth-order valence-electron chi connectivity index (χ4n) is 2.86. The van der Waals surface area contributed by atoms with Gasteiger partial charge in [-0.05, 0) is 35.9 Å². The van der Waals surface area contributed by atoms with Crippen LogP contribution in [0.3, 0.4) is 0 Å². The van der Waals surface area contributed by atoms with Gasteiger partial charge in [0.15, 0.2) is 0 Å². The second kappa shape index (κ2) is 8.71. The number of hydrogen-bond donors (Lipinski definition) is 1. The number of benzene rings is 2. The van der Waals surface area contributed by atoms with E-state index in [2.05, 4.69) is 27.5 Å². The Labute approximate surface area is 170 Å². The van der Waals surface area contributed by atoms with Gasteiger partial charge in [-0.1, -0.05) is 52.3 Å². The number of H-pyrrole nitrogens is 1. The third kappa shape index (κ3) is 4.23. The van der Waals surface area contributed by atoms with Crippen LogP contribution in [0, 0.1) is 0 Å². The number of hydrogen-bond acceptors (Lipinski definition) is 3. The molecular formula is C22H19BrN2O3. The van der Waals surface area contributed by atoms with E-state index in [1.54, 1.807) is 31.4 Å². The Balaban J connectivity index is 2.31. The minimum absolute atomic E-state index is 0.210. The van der Waals surface area contributed by atoms with Crippen molar-refractivity contribution in [3.05, 3.63) is 108 Å². The van der Waals surface area contributed by atoms with Crippen LogP contribution in [0.2, 0.25) is 0 Å². The molecule has 0 radical (unpaired) electrons. The minimum Gasteiger partial charge on any atom is -0.496 e. The van der Waals surface area contributed by atoms with Crippen molar-refractivity contribution in [1.29, 1.82) is 0 Å². The average molecular weight is 439 g/mol. The summed E-state index contributed by atoms with van der Waals surface area (Å²) in [6, 6.07) is 14.8. The third-order valence-electron chi connectivity index (χ3n) is 4.15. The van der Waals surface area contributed by atoms with Crippen LogP contribution in [0.25, 0.3) is 12.2 Å². The molecule has 1 aromatic heterocycles. The van der Waals surface area contributed by atoms with Gasteiger partial charge >= 0.3 is 0 Å². The maximum atomic E-state index is 13.0. The molecule has 1 heterocycles. The van der Waals surface area contributed by atoms with Gasteiger partial charge < -0.3 is 9.72 Å². The van der Waals surface area contributed by atoms with Gasteiger partial charge in [0.1, 0.15) is 16.4 Å². The predicted molar refractivity (Wildman–Crippen MR) is 115 cm³/mol. The molecule has 2 aromatic carbocycles. The Morgan fingerprint density at radius 2 is 1.93 bits per heavy atom. The van der Waals surface area contributed by atoms with Crippen molar-refractivity contribution < 1.29 is 4.74 Å². The van der Waals surface area contributed by atoms with Crippen molar-refractivity contribution in [2.45, 2.75) is 6.54 Å². The fraction of sp³-hybridized carbons (Fsp3) is 0.0909. The Hall–Kier alpha value is -3.12. The maximum Gasteiger partial charge on any atom is 0.275 e. The lowest BCUT2D eigenvalue weighted by molar-refractivity contribution is 0.414. The number of methoxy groups -OCH3 is 1. The summed E-state index contributed by atoms with van der Waals surface area (Å²) in [4.78, 5) is 28.5. The number of nitrogens with one attached hydrogen (secondary N) is 1. The quantitative estimate of drug-likeness (QED) is 0.620. The topological polar surface area (TPSA) is 64.1 Å². The number of nitrogens with zero attached hydrogens (tertiary/aromatic N) is 1. The van der Waals surface area contributed by atoms with Gasteiger partial charge in [-0.2, -0.15) is 0 Å². The highest BCUT2D eigenvalue weighted by molar-refractivity contribution is 9.10. The molecule has 0 amide bonds. The smallest absolute Gasteiger partial charge is 0.275 e. The van der Waals surface area contributed by atoms with Gasteiger partial charge in [-0.15, -0.1) is 6.58 Å². The molecule has 1 N–H and O–H groups in total. The number of allylic oxidation sites excluding steroid dienone is 1. The van der Waals surface area contributed by atoms with E-state index in [9.17, 15) is 9.59 Å². The summed E-state index contributed by atoms with van der Waals surface area (Å²) < 4.78 is 7.63. The molecule has 142 valence electrons. The molecule has 0 aliphatic rings. The SMILES string of the molecule is C=CCn1c(=O)/c(=C\c2cccc(Br)c2)[nH]c(=O)/c1=C\c1ccccc1OC. The van der Waals surface area contributed by atoms with Crippen LogP contribution in [-0.2, 0) is 6.54 Å². The second-order valence-corrected chi connectivity index (χ2v) is 6.96. The molecule has 0 spiro atoms. The van der Waals surface area contributed by atoms with E-state index in [0.29, 0.717) is 11.3 Å². The zero-order valence-electron chi connectivity index (χ0n) is 15.3. The molecule has 28 heavy (non-hydrogen) atoms. The highest BCUT2D eigenvalue weighted by atomic mass is 79.9. The molecule has 3 aromatic rings. The van der Waals surface area contributed by atoms with Crippen LogP contribution in [0.5, 0.6) is 5.75 Å². The van der Waals surface area contributed by atoms with Crippen LogP contribution < -0.4 is 26.6 Å². The Morgan fingerprint density at radius 1 is 1.14 bits per heavy atom. The number of aromatic amines is 1. The standard InChI is InChI=1S/C22H19BrN2O3/c1-3-11-25-19(14-16-8-4-5-10-20(16)28-2)21(26)24-18(22(25)27)13-15-7-6-9-17(23)12-15/h3-10,12-14H,1,11H2,2H3,(H,24,26)/b18-13+,19-14+. The summed E-state index contributed by atoms with van der Waals surface area (Å²) in [5.74, 6) is 0.615. The number of halogens is 1. The van der Waals surface area contributed by atoms with Gasteiger partial charge in [0, 0.05) is 16.6 Å². The number of ether oxygens (including phenoxy) is 1. The fourth-order valence-corrected chi connectivity index (χ4v) is 3.28. The first-order chi connectivity index (χ1) is 13.5. The van der Waals surface area contributed by atoms with E-state index in [1.807, 2.05) is 42.5 Å². The summed E-state index contributed by atoms with van der Waals surface area (Å²) in [5, 5.41) is 0.447. The normalized spacial score (nSPS) is 12.2. The van der Waals surface area contributed by atoms with Gasteiger partial charge in [-0.3, -0.25) is 14.2 Å². The van der Waals surface area contributed by atoms with Gasteiger partial charge in [0.25, 0.3) is 11.1 Å². The van der Waals surface area contributed by atoms with Crippen molar-refractivity contribution in [2.24, 2.45) is 0 Å². The van der Waals surface area contributed by atoms with Crippen molar-refractivity contribution in [2.75, 3.05) is 7.11 Å². The van der Waals surface area contributed by atoms with E-state index in [1.165, 1.54) is 4.57 Å². The lowest BCUT2D eigenvalue weighted by atomic mass is 10.2. The summed E-state index contributed by atoms with van der Waals surface area (Å²) in [6.07, 6.45) is 4.88. The molecule has 6 heteroatoms. The van der Waals surface area contributed by atoms with Crippen LogP contribution in [0.15, 0.2) is 75.2 Å². The molecule has 3 rings (SSSR count). The molecule has 5 nitrogen and oxygen atoms in total. The molecule has 0 aliphatic carbocycles. The summed E-state index contributed by atoms with van der Waals surface area (Å²) in [7, 11) is 1.56. The van der Waals surface area contributed by atoms with Crippen molar-refractivity contribution >= 4 is 28.1 Å². The van der Waals surface area contributed by atoms with Gasteiger partial charge in [0.05, 0.1) is 7.11 Å². The molecule has 0 fully saturated rings. The molecule has 0 saturated heterocycles. The first-order valence-electron chi connectivity index (χ1n) is 8.59. The van der Waals surface area contributed by atoms with E-state index in [-0.39, 0.29) is 28.4 Å². The Bertz CT molecular complexity index is 1260. The molecular weight excluding hydrogens is 420 g/mol. The van der Waals surface area contributed by atoms with Crippen LogP contribution >= 0.6 is 15.9 Å². The summed E-state index contributed by atoms with van der Waals surface area (Å²) >= 11 is 3.40. The van der Waals surface area contributed by atoms with Crippen molar-refractivity contribution in [3.63, 3.8) is 0 Å². The Kier molecular flexibility index (Phi) is 6.11. The lowest BCUT2D eigenvalue weighted by Gasteiger charge is -2.06. The molecule has 0 saturated carbocycles. The molecule has 0 aliphatic heterocycles. The lowest BCUT2D eigenvalue weighted by Crippen LogP contribution is -2.53. The molecule has 0 bridgehead atoms. The van der Waals surface area contributed by atoms with E-state index < -0.39 is 0 Å². The minimum atomic E-state index is -0.367. The molecule has 0 atom stereocenters. The van der Waals surface area contributed by atoms with Crippen molar-refractivity contribution in [1.82, 2.24) is 9.55 Å². The third-order valence-corrected chi connectivity index (χ3v) is 4.64. The van der Waals surface area contributed by atoms with Crippen molar-refractivity contribution in [3.8, 4) is 5.75 Å². The zero-order chi connectivity index (χ0) is 20.1. The van der Waals surface area contributed by atoms with E-state index in [0.717, 1.165) is 10.0 Å². The first-order valence-corrected chi connectivity index (χ1v) is 9.39. The number of rotatable bonds is 5. The number of para-hydroxylation sites is 1. The van der Waals surface area contributed by atoms with Crippen LogP contribution in [0.4, 0.5) is 0 Å². The van der Waals surface area contributed by atoms with E-state index >= 15 is 0 Å². The van der Waals surface area contributed by atoms with E-state index in [4.69, 9.17) is 4.74 Å². The Morgan fingerprint density at radius 3 is 2.64 bits per heavy atom. The van der Waals surface area contributed by atoms with Gasteiger partial charge in [-0.25, -0.2) is 0 Å². The molecule has 0 unspecified atom stereocenters. The first kappa shape index (κ1) is 19.6. The summed E-state index contributed by atoms with van der Waals surface area (Å²) in [6.45, 7) is 3.92. The van der Waals surface area contributed by atoms with Gasteiger partial charge in [0.2, 0.25) is 0 Å². The predicted octanol–water partition coefficient (Wildman–Crippen LogP) is 2.15. The monoisotopic (exact) mass is 438 g/mol. The second-order valence-electron chi connectivity index (χ2n) is 6.04. The summed E-state index contributed by atoms with van der Waals surface area (Å²) in [5.41, 5.74) is 0.833. The largest absolute Gasteiger partial charge is 0.496 e. The van der Waals surface area contributed by atoms with Crippen LogP contribution in [0.1, 0.15) is 11.1 Å². The number of aromatic nitrogens is 2. The highest BCUT2D eigenvalue weighted by Gasteiger charge is 2.06. The maximum absolute atomic E-state index is 13.0. The zero-order valence-corrected chi connectivity index (χ0v) is 16.9. The highest BCUT2D eigenvalue weighted by Crippen LogP contribution is 2.17. The average Bonchev–Trinajstić information content (AvgIpc) is 2.69. The van der Waals surface area contributed by atoms with Crippen LogP contribution in [-0.4, -0.2) is 16.7 Å².